The Bertz CT molecular complexity index is 1110. The van der Waals surface area contributed by atoms with Gasteiger partial charge < -0.3 is 5.32 Å². The van der Waals surface area contributed by atoms with Crippen LogP contribution in [0.5, 0.6) is 0 Å². The number of carbonyl (C=O) groups excluding carboxylic acids is 1. The van der Waals surface area contributed by atoms with Gasteiger partial charge in [-0.05, 0) is 55.3 Å². The maximum absolute atomic E-state index is 13.3. The molecular weight excluding hydrogens is 349 g/mol. The van der Waals surface area contributed by atoms with Crippen LogP contribution in [0.2, 0.25) is 0 Å². The summed E-state index contributed by atoms with van der Waals surface area (Å²) in [5.74, 6) is 0.0806. The summed E-state index contributed by atoms with van der Waals surface area (Å²) in [6.07, 6.45) is 1.86. The highest BCUT2D eigenvalue weighted by Crippen LogP contribution is 2.31. The number of nitrogens with zero attached hydrogens (tertiary/aromatic N) is 2. The van der Waals surface area contributed by atoms with E-state index in [0.717, 1.165) is 21.7 Å². The van der Waals surface area contributed by atoms with E-state index >= 15 is 0 Å². The molecule has 0 saturated carbocycles. The number of benzene rings is 2. The van der Waals surface area contributed by atoms with Crippen LogP contribution in [0.1, 0.15) is 21.5 Å². The van der Waals surface area contributed by atoms with E-state index in [1.54, 1.807) is 18.2 Å². The molecule has 0 fully saturated rings. The van der Waals surface area contributed by atoms with E-state index in [0.29, 0.717) is 17.1 Å². The van der Waals surface area contributed by atoms with E-state index in [2.05, 4.69) is 10.3 Å². The van der Waals surface area contributed by atoms with Crippen molar-refractivity contribution in [3.63, 3.8) is 0 Å². The van der Waals surface area contributed by atoms with Gasteiger partial charge in [-0.2, -0.15) is 0 Å². The number of anilines is 1. The van der Waals surface area contributed by atoms with Crippen molar-refractivity contribution in [3.8, 4) is 11.3 Å². The fraction of sp³-hybridized carbons (Fsp3) is 0.100. The van der Waals surface area contributed by atoms with Crippen LogP contribution >= 0.6 is 11.3 Å². The number of carbonyl (C=O) groups is 1. The Balaban J connectivity index is 1.79. The number of imidazole rings is 1. The average molecular weight is 365 g/mol. The van der Waals surface area contributed by atoms with Crippen LogP contribution in [-0.2, 0) is 0 Å². The number of aryl methyl sites for hydroxylation is 1. The molecule has 0 aliphatic carbocycles. The minimum atomic E-state index is -0.309. The van der Waals surface area contributed by atoms with Crippen LogP contribution in [0.25, 0.3) is 16.2 Å². The molecule has 0 atom stereocenters. The molecule has 2 heterocycles. The second kappa shape index (κ2) is 6.38. The number of aromatic nitrogens is 2. The molecule has 4 aromatic rings. The molecule has 0 aliphatic rings. The first-order chi connectivity index (χ1) is 12.5. The second-order valence-corrected chi connectivity index (χ2v) is 6.95. The highest BCUT2D eigenvalue weighted by atomic mass is 32.1. The number of halogens is 1. The zero-order valence-corrected chi connectivity index (χ0v) is 15.1. The highest BCUT2D eigenvalue weighted by Gasteiger charge is 2.19. The molecule has 0 spiro atoms. The Morgan fingerprint density at radius 2 is 1.92 bits per heavy atom. The average Bonchev–Trinajstić information content (AvgIpc) is 3.21. The van der Waals surface area contributed by atoms with Crippen molar-refractivity contribution in [2.24, 2.45) is 0 Å². The van der Waals surface area contributed by atoms with Crippen molar-refractivity contribution in [1.29, 1.82) is 0 Å². The van der Waals surface area contributed by atoms with Gasteiger partial charge in [0.25, 0.3) is 5.91 Å². The van der Waals surface area contributed by atoms with Gasteiger partial charge in [-0.3, -0.25) is 9.20 Å². The van der Waals surface area contributed by atoms with Crippen LogP contribution in [-0.4, -0.2) is 15.3 Å². The predicted octanol–water partition coefficient (Wildman–Crippen LogP) is 5.07. The van der Waals surface area contributed by atoms with E-state index in [1.165, 1.54) is 23.5 Å². The minimum Gasteiger partial charge on any atom is -0.306 e. The van der Waals surface area contributed by atoms with Gasteiger partial charge in [0.1, 0.15) is 17.3 Å². The molecule has 0 radical (unpaired) electrons. The molecule has 1 amide bonds. The summed E-state index contributed by atoms with van der Waals surface area (Å²) >= 11 is 1.48. The zero-order valence-electron chi connectivity index (χ0n) is 14.3. The Morgan fingerprint density at radius 1 is 1.15 bits per heavy atom. The number of rotatable bonds is 3. The van der Waals surface area contributed by atoms with Crippen LogP contribution in [0, 0.1) is 19.7 Å². The number of thiazole rings is 1. The standard InChI is InChI=1S/C20H16FN3OS/c1-12-4-3-5-16(13(12)2)19(25)23-18-17(14-6-8-15(21)9-7-14)22-20-24(18)10-11-26-20/h3-11H,1-2H3,(H,23,25). The van der Waals surface area contributed by atoms with Gasteiger partial charge in [0.15, 0.2) is 4.96 Å². The number of hydrogen-bond acceptors (Lipinski definition) is 3. The zero-order chi connectivity index (χ0) is 18.3. The van der Waals surface area contributed by atoms with Gasteiger partial charge in [-0.25, -0.2) is 9.37 Å². The number of nitrogens with one attached hydrogen (secondary N) is 1. The lowest BCUT2D eigenvalue weighted by Gasteiger charge is -2.10. The summed E-state index contributed by atoms with van der Waals surface area (Å²) < 4.78 is 15.1. The van der Waals surface area contributed by atoms with Crippen LogP contribution in [0.15, 0.2) is 54.0 Å². The number of amides is 1. The van der Waals surface area contributed by atoms with Crippen molar-refractivity contribution >= 4 is 28.0 Å². The van der Waals surface area contributed by atoms with E-state index in [4.69, 9.17) is 0 Å². The number of fused-ring (bicyclic) bond motifs is 1. The molecule has 4 nitrogen and oxygen atoms in total. The number of hydrogen-bond donors (Lipinski definition) is 1. The van der Waals surface area contributed by atoms with E-state index < -0.39 is 0 Å². The maximum atomic E-state index is 13.3. The Labute approximate surface area is 153 Å². The first kappa shape index (κ1) is 16.5. The molecule has 2 aromatic heterocycles. The van der Waals surface area contributed by atoms with Crippen molar-refractivity contribution in [1.82, 2.24) is 9.38 Å². The van der Waals surface area contributed by atoms with Gasteiger partial charge in [0, 0.05) is 22.7 Å². The molecule has 26 heavy (non-hydrogen) atoms. The van der Waals surface area contributed by atoms with E-state index in [9.17, 15) is 9.18 Å². The maximum Gasteiger partial charge on any atom is 0.257 e. The monoisotopic (exact) mass is 365 g/mol. The topological polar surface area (TPSA) is 46.4 Å². The first-order valence-electron chi connectivity index (χ1n) is 8.13. The smallest absolute Gasteiger partial charge is 0.257 e. The predicted molar refractivity (Wildman–Crippen MR) is 102 cm³/mol. The summed E-state index contributed by atoms with van der Waals surface area (Å²) in [6, 6.07) is 11.8. The van der Waals surface area contributed by atoms with Gasteiger partial charge in [0.05, 0.1) is 0 Å². The van der Waals surface area contributed by atoms with Crippen molar-refractivity contribution in [3.05, 3.63) is 76.5 Å². The minimum absolute atomic E-state index is 0.192. The fourth-order valence-corrected chi connectivity index (χ4v) is 3.60. The van der Waals surface area contributed by atoms with Gasteiger partial charge in [-0.15, -0.1) is 11.3 Å². The quantitative estimate of drug-likeness (QED) is 0.551. The molecule has 0 saturated heterocycles. The Morgan fingerprint density at radius 3 is 2.69 bits per heavy atom. The normalized spacial score (nSPS) is 11.0. The lowest BCUT2D eigenvalue weighted by atomic mass is 10.0. The fourth-order valence-electron chi connectivity index (χ4n) is 2.89. The molecule has 4 rings (SSSR count). The molecule has 0 bridgehead atoms. The Kier molecular flexibility index (Phi) is 4.05. The van der Waals surface area contributed by atoms with Crippen LogP contribution < -0.4 is 5.32 Å². The molecule has 2 aromatic carbocycles. The third kappa shape index (κ3) is 2.78. The van der Waals surface area contributed by atoms with Crippen LogP contribution in [0.4, 0.5) is 10.2 Å². The molecule has 0 unspecified atom stereocenters. The summed E-state index contributed by atoms with van der Waals surface area (Å²) in [4.78, 5) is 18.2. The Hall–Kier alpha value is -2.99. The summed E-state index contributed by atoms with van der Waals surface area (Å²) in [5, 5.41) is 4.90. The van der Waals surface area contributed by atoms with E-state index in [1.807, 2.05) is 42.0 Å². The van der Waals surface area contributed by atoms with E-state index in [-0.39, 0.29) is 11.7 Å². The largest absolute Gasteiger partial charge is 0.306 e. The van der Waals surface area contributed by atoms with Gasteiger partial charge >= 0.3 is 0 Å². The molecule has 130 valence electrons. The highest BCUT2D eigenvalue weighted by molar-refractivity contribution is 7.15. The SMILES string of the molecule is Cc1cccc(C(=O)Nc2c(-c3ccc(F)cc3)nc3sccn23)c1C. The second-order valence-electron chi connectivity index (χ2n) is 6.07. The van der Waals surface area contributed by atoms with Crippen molar-refractivity contribution in [2.45, 2.75) is 13.8 Å². The summed E-state index contributed by atoms with van der Waals surface area (Å²) in [5.41, 5.74) is 4.00. The molecule has 0 aliphatic heterocycles. The lowest BCUT2D eigenvalue weighted by Crippen LogP contribution is -2.15. The summed E-state index contributed by atoms with van der Waals surface area (Å²) in [7, 11) is 0. The lowest BCUT2D eigenvalue weighted by molar-refractivity contribution is 0.102. The van der Waals surface area contributed by atoms with Crippen molar-refractivity contribution in [2.75, 3.05) is 5.32 Å². The molecular formula is C20H16FN3OS. The third-order valence-electron chi connectivity index (χ3n) is 4.46. The molecule has 6 heteroatoms. The van der Waals surface area contributed by atoms with Crippen LogP contribution in [0.3, 0.4) is 0 Å². The molecule has 1 N–H and O–H groups in total. The first-order valence-corrected chi connectivity index (χ1v) is 9.01. The van der Waals surface area contributed by atoms with Gasteiger partial charge in [0.2, 0.25) is 0 Å². The van der Waals surface area contributed by atoms with Crippen molar-refractivity contribution < 1.29 is 9.18 Å². The summed E-state index contributed by atoms with van der Waals surface area (Å²) in [6.45, 7) is 3.91. The van der Waals surface area contributed by atoms with Gasteiger partial charge in [-0.1, -0.05) is 12.1 Å². The third-order valence-corrected chi connectivity index (χ3v) is 5.22.